The molecule has 1 heterocycles. The molecule has 0 N–H and O–H groups in total. The SMILES string of the molecule is CC1CN(C(=O)c2c(F)cc(F)cc2F)CC(CCl)O1. The summed E-state index contributed by atoms with van der Waals surface area (Å²) in [5, 5.41) is 0. The van der Waals surface area contributed by atoms with Crippen LogP contribution in [0.4, 0.5) is 13.2 Å². The van der Waals surface area contributed by atoms with Crippen LogP contribution in [-0.2, 0) is 4.74 Å². The molecule has 1 aliphatic heterocycles. The highest BCUT2D eigenvalue weighted by Crippen LogP contribution is 2.20. The molecule has 0 saturated carbocycles. The summed E-state index contributed by atoms with van der Waals surface area (Å²) in [5.74, 6) is -4.15. The van der Waals surface area contributed by atoms with E-state index in [0.717, 1.165) is 0 Å². The normalized spacial score (nSPS) is 22.9. The first-order valence-electron chi connectivity index (χ1n) is 6.07. The molecular weight excluding hydrogens is 295 g/mol. The number of carbonyl (C=O) groups is 1. The minimum absolute atomic E-state index is 0.142. The van der Waals surface area contributed by atoms with Crippen molar-refractivity contribution in [3.63, 3.8) is 0 Å². The van der Waals surface area contributed by atoms with Gasteiger partial charge in [0, 0.05) is 25.2 Å². The summed E-state index contributed by atoms with van der Waals surface area (Å²) in [5.41, 5.74) is -0.756. The third-order valence-electron chi connectivity index (χ3n) is 3.01. The van der Waals surface area contributed by atoms with E-state index in [1.54, 1.807) is 6.92 Å². The summed E-state index contributed by atoms with van der Waals surface area (Å²) in [6, 6.07) is 0.971. The topological polar surface area (TPSA) is 29.5 Å². The van der Waals surface area contributed by atoms with Crippen LogP contribution in [0.2, 0.25) is 0 Å². The molecule has 1 saturated heterocycles. The van der Waals surface area contributed by atoms with Crippen molar-refractivity contribution in [2.45, 2.75) is 19.1 Å². The molecule has 0 radical (unpaired) electrons. The Labute approximate surface area is 119 Å². The van der Waals surface area contributed by atoms with Gasteiger partial charge >= 0.3 is 0 Å². The summed E-state index contributed by atoms with van der Waals surface area (Å²) in [7, 11) is 0. The first-order valence-corrected chi connectivity index (χ1v) is 6.61. The molecule has 1 aliphatic rings. The molecule has 2 rings (SSSR count). The van der Waals surface area contributed by atoms with Gasteiger partial charge in [-0.15, -0.1) is 11.6 Å². The Balaban J connectivity index is 2.27. The Kier molecular flexibility index (Phi) is 4.55. The van der Waals surface area contributed by atoms with E-state index in [-0.39, 0.29) is 25.1 Å². The van der Waals surface area contributed by atoms with Crippen LogP contribution in [0.25, 0.3) is 0 Å². The van der Waals surface area contributed by atoms with Crippen molar-refractivity contribution in [1.82, 2.24) is 4.90 Å². The fourth-order valence-corrected chi connectivity index (χ4v) is 2.37. The van der Waals surface area contributed by atoms with Gasteiger partial charge in [-0.05, 0) is 6.92 Å². The molecule has 20 heavy (non-hydrogen) atoms. The maximum atomic E-state index is 13.6. The second-order valence-electron chi connectivity index (χ2n) is 4.68. The predicted octanol–water partition coefficient (Wildman–Crippen LogP) is 2.57. The van der Waals surface area contributed by atoms with E-state index in [4.69, 9.17) is 16.3 Å². The molecular formula is C13H13ClF3NO2. The van der Waals surface area contributed by atoms with Crippen molar-refractivity contribution >= 4 is 17.5 Å². The molecule has 110 valence electrons. The molecule has 0 aromatic heterocycles. The van der Waals surface area contributed by atoms with Crippen LogP contribution in [0.5, 0.6) is 0 Å². The molecule has 1 amide bonds. The van der Waals surface area contributed by atoms with Crippen LogP contribution in [0, 0.1) is 17.5 Å². The van der Waals surface area contributed by atoms with Gasteiger partial charge in [0.05, 0.1) is 18.1 Å². The Morgan fingerprint density at radius 2 is 1.95 bits per heavy atom. The maximum Gasteiger partial charge on any atom is 0.260 e. The van der Waals surface area contributed by atoms with E-state index >= 15 is 0 Å². The zero-order valence-corrected chi connectivity index (χ0v) is 11.5. The Morgan fingerprint density at radius 3 is 2.50 bits per heavy atom. The Morgan fingerprint density at radius 1 is 1.35 bits per heavy atom. The van der Waals surface area contributed by atoms with E-state index in [1.807, 2.05) is 0 Å². The van der Waals surface area contributed by atoms with Gasteiger partial charge in [-0.25, -0.2) is 13.2 Å². The van der Waals surface area contributed by atoms with E-state index < -0.39 is 35.0 Å². The fraction of sp³-hybridized carbons (Fsp3) is 0.462. The first kappa shape index (κ1) is 15.1. The second-order valence-corrected chi connectivity index (χ2v) is 4.99. The van der Waals surface area contributed by atoms with Crippen LogP contribution in [0.1, 0.15) is 17.3 Å². The van der Waals surface area contributed by atoms with Crippen molar-refractivity contribution in [1.29, 1.82) is 0 Å². The highest BCUT2D eigenvalue weighted by atomic mass is 35.5. The Bertz CT molecular complexity index is 503. The molecule has 2 atom stereocenters. The zero-order chi connectivity index (χ0) is 14.9. The smallest absolute Gasteiger partial charge is 0.260 e. The average molecular weight is 308 g/mol. The van der Waals surface area contributed by atoms with Crippen molar-refractivity contribution in [3.05, 3.63) is 35.1 Å². The van der Waals surface area contributed by atoms with Crippen molar-refractivity contribution in [2.75, 3.05) is 19.0 Å². The first-order chi connectivity index (χ1) is 9.42. The summed E-state index contributed by atoms with van der Waals surface area (Å²) in [6.45, 7) is 2.07. The van der Waals surface area contributed by atoms with Gasteiger partial charge in [-0.2, -0.15) is 0 Å². The molecule has 0 aliphatic carbocycles. The monoisotopic (exact) mass is 307 g/mol. The molecule has 0 bridgehead atoms. The number of hydrogen-bond acceptors (Lipinski definition) is 2. The number of rotatable bonds is 2. The van der Waals surface area contributed by atoms with Crippen LogP contribution in [0.15, 0.2) is 12.1 Å². The molecule has 0 spiro atoms. The number of alkyl halides is 1. The van der Waals surface area contributed by atoms with E-state index in [2.05, 4.69) is 0 Å². The highest BCUT2D eigenvalue weighted by molar-refractivity contribution is 6.18. The van der Waals surface area contributed by atoms with Gasteiger partial charge in [0.25, 0.3) is 5.91 Å². The summed E-state index contributed by atoms with van der Waals surface area (Å²) in [4.78, 5) is 13.4. The summed E-state index contributed by atoms with van der Waals surface area (Å²) >= 11 is 5.68. The fourth-order valence-electron chi connectivity index (χ4n) is 2.20. The largest absolute Gasteiger partial charge is 0.370 e. The summed E-state index contributed by atoms with van der Waals surface area (Å²) in [6.07, 6.45) is -0.682. The third-order valence-corrected chi connectivity index (χ3v) is 3.35. The van der Waals surface area contributed by atoms with Gasteiger partial charge in [0.1, 0.15) is 23.0 Å². The second kappa shape index (κ2) is 6.01. The number of nitrogens with zero attached hydrogens (tertiary/aromatic N) is 1. The van der Waals surface area contributed by atoms with Gasteiger partial charge in [-0.3, -0.25) is 4.79 Å². The lowest BCUT2D eigenvalue weighted by Gasteiger charge is -2.36. The summed E-state index contributed by atoms with van der Waals surface area (Å²) < 4.78 is 45.5. The van der Waals surface area contributed by atoms with Crippen LogP contribution < -0.4 is 0 Å². The average Bonchev–Trinajstić information content (AvgIpc) is 2.36. The maximum absolute atomic E-state index is 13.6. The number of carbonyl (C=O) groups excluding carboxylic acids is 1. The molecule has 1 fully saturated rings. The number of halogens is 4. The van der Waals surface area contributed by atoms with Gasteiger partial charge < -0.3 is 9.64 Å². The molecule has 2 unspecified atom stereocenters. The molecule has 1 aromatic carbocycles. The molecule has 3 nitrogen and oxygen atoms in total. The minimum Gasteiger partial charge on any atom is -0.370 e. The van der Waals surface area contributed by atoms with Gasteiger partial charge in [0.2, 0.25) is 0 Å². The lowest BCUT2D eigenvalue weighted by Crippen LogP contribution is -2.50. The van der Waals surface area contributed by atoms with Crippen LogP contribution in [-0.4, -0.2) is 42.0 Å². The number of benzene rings is 1. The lowest BCUT2D eigenvalue weighted by atomic mass is 10.1. The molecule has 7 heteroatoms. The quantitative estimate of drug-likeness (QED) is 0.786. The van der Waals surface area contributed by atoms with E-state index in [0.29, 0.717) is 12.1 Å². The number of hydrogen-bond donors (Lipinski definition) is 0. The van der Waals surface area contributed by atoms with Crippen molar-refractivity contribution < 1.29 is 22.7 Å². The lowest BCUT2D eigenvalue weighted by molar-refractivity contribution is -0.0572. The predicted molar refractivity (Wildman–Crippen MR) is 67.3 cm³/mol. The van der Waals surface area contributed by atoms with Crippen LogP contribution >= 0.6 is 11.6 Å². The standard InChI is InChI=1S/C13H13ClF3NO2/c1-7-5-18(6-9(4-14)20-7)13(19)12-10(16)2-8(15)3-11(12)17/h2-3,7,9H,4-6H2,1H3. The van der Waals surface area contributed by atoms with Crippen molar-refractivity contribution in [2.24, 2.45) is 0 Å². The van der Waals surface area contributed by atoms with Gasteiger partial charge in [-0.1, -0.05) is 0 Å². The van der Waals surface area contributed by atoms with Crippen LogP contribution in [0.3, 0.4) is 0 Å². The number of morpholine rings is 1. The molecule has 1 aromatic rings. The van der Waals surface area contributed by atoms with Crippen molar-refractivity contribution in [3.8, 4) is 0 Å². The number of amides is 1. The minimum atomic E-state index is -1.21. The van der Waals surface area contributed by atoms with E-state index in [1.165, 1.54) is 4.90 Å². The number of ether oxygens (including phenoxy) is 1. The Hall–Kier alpha value is -1.27. The highest BCUT2D eigenvalue weighted by Gasteiger charge is 2.31. The zero-order valence-electron chi connectivity index (χ0n) is 10.7. The third kappa shape index (κ3) is 3.07. The van der Waals surface area contributed by atoms with E-state index in [9.17, 15) is 18.0 Å². The van der Waals surface area contributed by atoms with Gasteiger partial charge in [0.15, 0.2) is 0 Å².